The lowest BCUT2D eigenvalue weighted by Gasteiger charge is -2.22. The standard InChI is InChI=1S/C63H42/c1-63(2)59-22-12-11-17-50(59)58-37-56-48-16-6-5-15-47(48)55-36-46(33-34-49(55)57(56)38-60(58)63)41-25-30-43(31-26-41)62-53-20-9-7-18-51(53)61(52-19-8-10-21-54(52)62)42-28-23-40(24-29-42)45-32-27-39-13-3-4-14-44(39)35-45/h3-38H,1-2H3. The van der Waals surface area contributed by atoms with Crippen molar-refractivity contribution in [1.29, 1.82) is 0 Å². The Hall–Kier alpha value is -7.80. The molecule has 0 fully saturated rings. The largest absolute Gasteiger partial charge is 0.0619 e. The minimum Gasteiger partial charge on any atom is -0.0619 e. The van der Waals surface area contributed by atoms with Gasteiger partial charge >= 0.3 is 0 Å². The summed E-state index contributed by atoms with van der Waals surface area (Å²) < 4.78 is 0. The van der Waals surface area contributed by atoms with Gasteiger partial charge in [0.05, 0.1) is 0 Å². The smallest absolute Gasteiger partial charge is 0.0159 e. The van der Waals surface area contributed by atoms with E-state index in [9.17, 15) is 0 Å². The number of fused-ring (bicyclic) bond motifs is 12. The normalized spacial score (nSPS) is 13.0. The van der Waals surface area contributed by atoms with Crippen LogP contribution in [0.5, 0.6) is 0 Å². The molecule has 0 radical (unpaired) electrons. The van der Waals surface area contributed by atoms with Gasteiger partial charge in [0.25, 0.3) is 0 Å². The van der Waals surface area contributed by atoms with E-state index in [1.165, 1.54) is 131 Å². The van der Waals surface area contributed by atoms with Crippen LogP contribution < -0.4 is 0 Å². The van der Waals surface area contributed by atoms with E-state index in [1.54, 1.807) is 0 Å². The molecule has 0 nitrogen and oxygen atoms in total. The van der Waals surface area contributed by atoms with Gasteiger partial charge in [0.1, 0.15) is 0 Å². The molecule has 0 bridgehead atoms. The average molecular weight is 799 g/mol. The minimum atomic E-state index is -0.0543. The predicted octanol–water partition coefficient (Wildman–Crippen LogP) is 17.6. The molecule has 0 aliphatic heterocycles. The predicted molar refractivity (Wildman–Crippen MR) is 271 cm³/mol. The van der Waals surface area contributed by atoms with Crippen LogP contribution in [0, 0.1) is 0 Å². The maximum absolute atomic E-state index is 2.50. The van der Waals surface area contributed by atoms with Gasteiger partial charge in [-0.2, -0.15) is 0 Å². The van der Waals surface area contributed by atoms with Crippen molar-refractivity contribution >= 4 is 64.6 Å². The molecule has 1 aliphatic carbocycles. The number of benzene rings is 12. The molecule has 1 aliphatic rings. The zero-order valence-electron chi connectivity index (χ0n) is 35.3. The fraction of sp³-hybridized carbons (Fsp3) is 0.0476. The van der Waals surface area contributed by atoms with Crippen molar-refractivity contribution in [2.75, 3.05) is 0 Å². The molecule has 0 atom stereocenters. The molecule has 0 N–H and O–H groups in total. The van der Waals surface area contributed by atoms with Crippen molar-refractivity contribution in [2.24, 2.45) is 0 Å². The Morgan fingerprint density at radius 3 is 1.25 bits per heavy atom. The molecule has 63 heavy (non-hydrogen) atoms. The van der Waals surface area contributed by atoms with Gasteiger partial charge in [-0.15, -0.1) is 0 Å². The minimum absolute atomic E-state index is 0.0543. The van der Waals surface area contributed by atoms with Crippen LogP contribution in [0.15, 0.2) is 218 Å². The third-order valence-corrected chi connectivity index (χ3v) is 14.2. The lowest BCUT2D eigenvalue weighted by Crippen LogP contribution is -2.14. The summed E-state index contributed by atoms with van der Waals surface area (Å²) in [5, 5.41) is 15.4. The van der Waals surface area contributed by atoms with Gasteiger partial charge in [0.15, 0.2) is 0 Å². The van der Waals surface area contributed by atoms with Gasteiger partial charge in [0, 0.05) is 5.41 Å². The van der Waals surface area contributed by atoms with E-state index >= 15 is 0 Å². The molecule has 0 amide bonds. The first-order valence-corrected chi connectivity index (χ1v) is 22.2. The Bertz CT molecular complexity index is 3790. The molecular formula is C63H42. The number of hydrogen-bond donors (Lipinski definition) is 0. The van der Waals surface area contributed by atoms with Crippen molar-refractivity contribution in [3.8, 4) is 55.6 Å². The van der Waals surface area contributed by atoms with Crippen molar-refractivity contribution in [2.45, 2.75) is 19.3 Å². The molecule has 0 saturated heterocycles. The molecule has 0 saturated carbocycles. The highest BCUT2D eigenvalue weighted by molar-refractivity contribution is 6.27. The summed E-state index contributed by atoms with van der Waals surface area (Å²) >= 11 is 0. The summed E-state index contributed by atoms with van der Waals surface area (Å²) in [6.07, 6.45) is 0. The Kier molecular flexibility index (Phi) is 7.75. The van der Waals surface area contributed by atoms with Crippen molar-refractivity contribution in [1.82, 2.24) is 0 Å². The van der Waals surface area contributed by atoms with Gasteiger partial charge in [-0.3, -0.25) is 0 Å². The molecule has 0 heterocycles. The zero-order valence-corrected chi connectivity index (χ0v) is 35.3. The van der Waals surface area contributed by atoms with Gasteiger partial charge in [-0.1, -0.05) is 208 Å². The summed E-state index contributed by atoms with van der Waals surface area (Å²) in [4.78, 5) is 0. The number of rotatable bonds is 4. The first-order chi connectivity index (χ1) is 31.0. The highest BCUT2D eigenvalue weighted by atomic mass is 14.4. The Morgan fingerprint density at radius 2 is 0.651 bits per heavy atom. The number of hydrogen-bond acceptors (Lipinski definition) is 0. The molecule has 12 aromatic rings. The van der Waals surface area contributed by atoms with Crippen LogP contribution in [-0.2, 0) is 5.41 Å². The van der Waals surface area contributed by atoms with Gasteiger partial charge < -0.3 is 0 Å². The van der Waals surface area contributed by atoms with Crippen LogP contribution >= 0.6 is 0 Å². The molecule has 294 valence electrons. The van der Waals surface area contributed by atoms with Crippen molar-refractivity contribution in [3.05, 3.63) is 230 Å². The second-order valence-electron chi connectivity index (χ2n) is 18.0. The molecule has 12 aromatic carbocycles. The molecule has 0 aromatic heterocycles. The molecule has 0 heteroatoms. The molecule has 0 spiro atoms. The van der Waals surface area contributed by atoms with Gasteiger partial charge in [0.2, 0.25) is 0 Å². The van der Waals surface area contributed by atoms with E-state index in [0.29, 0.717) is 0 Å². The Balaban J connectivity index is 0.914. The van der Waals surface area contributed by atoms with Crippen LogP contribution in [0.3, 0.4) is 0 Å². The zero-order chi connectivity index (χ0) is 41.8. The van der Waals surface area contributed by atoms with E-state index in [4.69, 9.17) is 0 Å². The average Bonchev–Trinajstić information content (AvgIpc) is 3.57. The fourth-order valence-electron chi connectivity index (χ4n) is 11.1. The van der Waals surface area contributed by atoms with Crippen LogP contribution in [0.1, 0.15) is 25.0 Å². The fourth-order valence-corrected chi connectivity index (χ4v) is 11.1. The lowest BCUT2D eigenvalue weighted by atomic mass is 9.81. The van der Waals surface area contributed by atoms with Crippen LogP contribution in [-0.4, -0.2) is 0 Å². The van der Waals surface area contributed by atoms with Crippen molar-refractivity contribution < 1.29 is 0 Å². The summed E-state index contributed by atoms with van der Waals surface area (Å²) in [6, 6.07) is 81.7. The van der Waals surface area contributed by atoms with Gasteiger partial charge in [-0.25, -0.2) is 0 Å². The highest BCUT2D eigenvalue weighted by Crippen LogP contribution is 2.52. The Morgan fingerprint density at radius 1 is 0.238 bits per heavy atom. The van der Waals surface area contributed by atoms with Crippen LogP contribution in [0.25, 0.3) is 120 Å². The second-order valence-corrected chi connectivity index (χ2v) is 18.0. The summed E-state index contributed by atoms with van der Waals surface area (Å²) in [5.74, 6) is 0. The third kappa shape index (κ3) is 5.41. The maximum atomic E-state index is 2.50. The maximum Gasteiger partial charge on any atom is 0.0159 e. The van der Waals surface area contributed by atoms with E-state index in [-0.39, 0.29) is 5.41 Å². The van der Waals surface area contributed by atoms with E-state index in [1.807, 2.05) is 0 Å². The Labute approximate surface area is 367 Å². The van der Waals surface area contributed by atoms with Crippen LogP contribution in [0.4, 0.5) is 0 Å². The van der Waals surface area contributed by atoms with E-state index in [0.717, 1.165) is 0 Å². The lowest BCUT2D eigenvalue weighted by molar-refractivity contribution is 0.661. The highest BCUT2D eigenvalue weighted by Gasteiger charge is 2.35. The molecular weight excluding hydrogens is 757 g/mol. The SMILES string of the molecule is CC1(C)c2ccccc2-c2cc3c4ccccc4c4cc(-c5ccc(-c6c7ccccc7c(-c7ccc(-c8ccc9ccccc9c8)cc7)c7ccccc67)cc5)ccc4c3cc21. The second kappa shape index (κ2) is 13.6. The molecule has 13 rings (SSSR count). The summed E-state index contributed by atoms with van der Waals surface area (Å²) in [5.41, 5.74) is 15.4. The quantitative estimate of drug-likeness (QED) is 0.123. The van der Waals surface area contributed by atoms with Crippen molar-refractivity contribution in [3.63, 3.8) is 0 Å². The molecule has 0 unspecified atom stereocenters. The van der Waals surface area contributed by atoms with Crippen LogP contribution in [0.2, 0.25) is 0 Å². The monoisotopic (exact) mass is 798 g/mol. The van der Waals surface area contributed by atoms with E-state index in [2.05, 4.69) is 232 Å². The summed E-state index contributed by atoms with van der Waals surface area (Å²) in [6.45, 7) is 4.75. The first-order valence-electron chi connectivity index (χ1n) is 22.2. The summed E-state index contributed by atoms with van der Waals surface area (Å²) in [7, 11) is 0. The van der Waals surface area contributed by atoms with Gasteiger partial charge in [-0.05, 0) is 156 Å². The first kappa shape index (κ1) is 35.9. The topological polar surface area (TPSA) is 0 Å². The third-order valence-electron chi connectivity index (χ3n) is 14.2. The van der Waals surface area contributed by atoms with E-state index < -0.39 is 0 Å².